The van der Waals surface area contributed by atoms with Crippen LogP contribution in [0.4, 0.5) is 5.82 Å². The molecule has 2 aromatic carbocycles. The van der Waals surface area contributed by atoms with E-state index in [1.165, 1.54) is 58.0 Å². The maximum absolute atomic E-state index is 6.39. The number of likely N-dealkylation sites (tertiary alicyclic amines) is 1. The van der Waals surface area contributed by atoms with Gasteiger partial charge in [0.2, 0.25) is 0 Å². The molecule has 188 valence electrons. The molecule has 0 atom stereocenters. The molecule has 1 saturated carbocycles. The van der Waals surface area contributed by atoms with Gasteiger partial charge in [0, 0.05) is 23.8 Å². The fourth-order valence-corrected chi connectivity index (χ4v) is 5.92. The van der Waals surface area contributed by atoms with Crippen LogP contribution in [-0.2, 0) is 0 Å². The van der Waals surface area contributed by atoms with Crippen molar-refractivity contribution in [1.82, 2.24) is 19.4 Å². The number of anilines is 1. The van der Waals surface area contributed by atoms with Crippen LogP contribution in [0.25, 0.3) is 22.2 Å². The van der Waals surface area contributed by atoms with E-state index < -0.39 is 0 Å². The third-order valence-corrected chi connectivity index (χ3v) is 7.75. The number of fused-ring (bicyclic) bond motifs is 1. The highest BCUT2D eigenvalue weighted by Gasteiger charge is 2.29. The maximum Gasteiger partial charge on any atom is 0.146 e. The van der Waals surface area contributed by atoms with Gasteiger partial charge in [-0.3, -0.25) is 0 Å². The van der Waals surface area contributed by atoms with Gasteiger partial charge in [0.15, 0.2) is 0 Å². The van der Waals surface area contributed by atoms with Crippen LogP contribution < -0.4 is 10.5 Å². The van der Waals surface area contributed by atoms with Crippen molar-refractivity contribution in [3.8, 4) is 22.6 Å². The summed E-state index contributed by atoms with van der Waals surface area (Å²) in [7, 11) is 0. The minimum Gasteiger partial charge on any atom is -0.457 e. The van der Waals surface area contributed by atoms with Crippen molar-refractivity contribution in [2.24, 2.45) is 0 Å². The van der Waals surface area contributed by atoms with Gasteiger partial charge in [0.25, 0.3) is 0 Å². The number of para-hydroxylation sites is 1. The van der Waals surface area contributed by atoms with Crippen molar-refractivity contribution in [3.05, 3.63) is 67.1 Å². The zero-order chi connectivity index (χ0) is 23.6. The second kappa shape index (κ2) is 10.9. The van der Waals surface area contributed by atoms with E-state index in [2.05, 4.69) is 37.8 Å². The van der Waals surface area contributed by atoms with E-state index in [9.17, 15) is 0 Å². The minimum atomic E-state index is 0. The summed E-state index contributed by atoms with van der Waals surface area (Å²) >= 11 is 0. The average molecular weight is 504 g/mol. The van der Waals surface area contributed by atoms with Crippen molar-refractivity contribution in [2.75, 3.05) is 18.8 Å². The minimum absolute atomic E-state index is 0. The molecule has 2 aromatic heterocycles. The summed E-state index contributed by atoms with van der Waals surface area (Å²) in [5.41, 5.74) is 9.52. The zero-order valence-corrected chi connectivity index (χ0v) is 21.4. The van der Waals surface area contributed by atoms with Crippen molar-refractivity contribution < 1.29 is 4.74 Å². The molecule has 0 unspecified atom stereocenters. The topological polar surface area (TPSA) is 69.2 Å². The molecule has 0 spiro atoms. The number of ether oxygens (including phenoxy) is 1. The number of nitrogens with two attached hydrogens (primary N) is 1. The van der Waals surface area contributed by atoms with Gasteiger partial charge >= 0.3 is 0 Å². The highest BCUT2D eigenvalue weighted by Crippen LogP contribution is 2.39. The molecular weight excluding hydrogens is 470 g/mol. The van der Waals surface area contributed by atoms with Crippen LogP contribution in [0.2, 0.25) is 0 Å². The molecule has 4 aromatic rings. The van der Waals surface area contributed by atoms with E-state index >= 15 is 0 Å². The number of halogens is 1. The first-order valence-corrected chi connectivity index (χ1v) is 12.9. The molecule has 36 heavy (non-hydrogen) atoms. The molecule has 0 amide bonds. The summed E-state index contributed by atoms with van der Waals surface area (Å²) in [6.07, 6.45) is 12.8. The van der Waals surface area contributed by atoms with Gasteiger partial charge in [-0.25, -0.2) is 9.97 Å². The second-order valence-electron chi connectivity index (χ2n) is 9.91. The third-order valence-electron chi connectivity index (χ3n) is 7.75. The van der Waals surface area contributed by atoms with Crippen LogP contribution >= 0.6 is 12.4 Å². The van der Waals surface area contributed by atoms with E-state index in [-0.39, 0.29) is 12.4 Å². The predicted octanol–water partition coefficient (Wildman–Crippen LogP) is 6.86. The Labute approximate surface area is 218 Å². The lowest BCUT2D eigenvalue weighted by Gasteiger charge is -2.39. The Kier molecular flexibility index (Phi) is 7.44. The predicted molar refractivity (Wildman–Crippen MR) is 148 cm³/mol. The lowest BCUT2D eigenvalue weighted by atomic mass is 9.89. The number of piperidine rings is 1. The molecule has 2 aliphatic rings. The molecule has 0 radical (unpaired) electrons. The van der Waals surface area contributed by atoms with E-state index in [0.717, 1.165) is 39.7 Å². The van der Waals surface area contributed by atoms with Crippen LogP contribution in [-0.4, -0.2) is 38.6 Å². The lowest BCUT2D eigenvalue weighted by Crippen LogP contribution is -2.41. The first-order chi connectivity index (χ1) is 17.3. The molecule has 6 rings (SSSR count). The summed E-state index contributed by atoms with van der Waals surface area (Å²) in [5, 5.41) is 0.947. The highest BCUT2D eigenvalue weighted by molar-refractivity contribution is 6.00. The Morgan fingerprint density at radius 1 is 0.778 bits per heavy atom. The molecule has 0 bridgehead atoms. The highest BCUT2D eigenvalue weighted by atomic mass is 35.5. The Balaban J connectivity index is 0.00000267. The molecule has 7 heteroatoms. The van der Waals surface area contributed by atoms with Gasteiger partial charge in [-0.05, 0) is 81.4 Å². The normalized spacial score (nSPS) is 20.7. The summed E-state index contributed by atoms with van der Waals surface area (Å²) in [6.45, 7) is 2.55. The molecule has 1 aliphatic carbocycles. The molecular formula is C29H34ClN5O. The van der Waals surface area contributed by atoms with Crippen molar-refractivity contribution >= 4 is 29.3 Å². The molecule has 6 nitrogen and oxygen atoms in total. The average Bonchev–Trinajstić information content (AvgIpc) is 3.31. The SMILES string of the molecule is Cl.Nc1ncnc2c1c(-c1ccc(Oc3ccccc3)cc1)cn2[C@H]1CC[C@@H](N2CCCCC2)CC1. The first-order valence-electron chi connectivity index (χ1n) is 12.9. The van der Waals surface area contributed by atoms with Gasteiger partial charge in [0.05, 0.1) is 5.39 Å². The molecule has 1 saturated heterocycles. The summed E-state index contributed by atoms with van der Waals surface area (Å²) in [6, 6.07) is 19.2. The van der Waals surface area contributed by atoms with Gasteiger partial charge < -0.3 is 19.9 Å². The largest absolute Gasteiger partial charge is 0.457 e. The number of aromatic nitrogens is 3. The first kappa shape index (κ1) is 24.6. The second-order valence-corrected chi connectivity index (χ2v) is 9.91. The Bertz CT molecular complexity index is 1280. The number of hydrogen-bond donors (Lipinski definition) is 1. The molecule has 3 heterocycles. The number of rotatable bonds is 5. The van der Waals surface area contributed by atoms with Crippen LogP contribution in [0, 0.1) is 0 Å². The quantitative estimate of drug-likeness (QED) is 0.322. The van der Waals surface area contributed by atoms with Gasteiger partial charge in [-0.1, -0.05) is 36.8 Å². The Hall–Kier alpha value is -3.09. The van der Waals surface area contributed by atoms with Gasteiger partial charge in [0.1, 0.15) is 29.3 Å². The van der Waals surface area contributed by atoms with E-state index in [4.69, 9.17) is 10.5 Å². The van der Waals surface area contributed by atoms with Gasteiger partial charge in [-0.2, -0.15) is 0 Å². The van der Waals surface area contributed by atoms with Crippen molar-refractivity contribution in [1.29, 1.82) is 0 Å². The summed E-state index contributed by atoms with van der Waals surface area (Å²) < 4.78 is 8.35. The third kappa shape index (κ3) is 4.93. The Morgan fingerprint density at radius 3 is 2.17 bits per heavy atom. The standard InChI is InChI=1S/C29H33N5O.ClH/c30-28-27-26(21-9-15-25(16-10-21)35-24-7-3-1-4-8-24)19-34(29(27)32-20-31-28)23-13-11-22(12-14-23)33-17-5-2-6-18-33;/h1,3-4,7-10,15-16,19-20,22-23H,2,5-6,11-14,17-18H2,(H2,30,31,32);1H/t22-,23+;. The van der Waals surface area contributed by atoms with Crippen LogP contribution in [0.15, 0.2) is 67.1 Å². The Morgan fingerprint density at radius 2 is 1.44 bits per heavy atom. The summed E-state index contributed by atoms with van der Waals surface area (Å²) in [4.78, 5) is 11.7. The smallest absolute Gasteiger partial charge is 0.146 e. The molecule has 2 N–H and O–H groups in total. The molecule has 1 aliphatic heterocycles. The molecule has 2 fully saturated rings. The summed E-state index contributed by atoms with van der Waals surface area (Å²) in [5.74, 6) is 2.17. The number of nitrogen functional groups attached to an aromatic ring is 1. The fourth-order valence-electron chi connectivity index (χ4n) is 5.92. The van der Waals surface area contributed by atoms with Gasteiger partial charge in [-0.15, -0.1) is 12.4 Å². The van der Waals surface area contributed by atoms with Crippen LogP contribution in [0.3, 0.4) is 0 Å². The van der Waals surface area contributed by atoms with E-state index in [0.29, 0.717) is 11.9 Å². The van der Waals surface area contributed by atoms with Crippen LogP contribution in [0.5, 0.6) is 11.5 Å². The van der Waals surface area contributed by atoms with Crippen LogP contribution in [0.1, 0.15) is 51.0 Å². The maximum atomic E-state index is 6.39. The zero-order valence-electron chi connectivity index (χ0n) is 20.6. The van der Waals surface area contributed by atoms with Crippen molar-refractivity contribution in [3.63, 3.8) is 0 Å². The van der Waals surface area contributed by atoms with Crippen molar-refractivity contribution in [2.45, 2.75) is 57.0 Å². The lowest BCUT2D eigenvalue weighted by molar-refractivity contribution is 0.117. The number of nitrogens with zero attached hydrogens (tertiary/aromatic N) is 4. The monoisotopic (exact) mass is 503 g/mol. The number of hydrogen-bond acceptors (Lipinski definition) is 5. The van der Waals surface area contributed by atoms with E-state index in [1.54, 1.807) is 6.33 Å². The number of benzene rings is 2. The van der Waals surface area contributed by atoms with E-state index in [1.807, 2.05) is 42.5 Å². The fraction of sp³-hybridized carbons (Fsp3) is 0.379.